The summed E-state index contributed by atoms with van der Waals surface area (Å²) in [4.78, 5) is 30.9. The largest absolute Gasteiger partial charge is 0.313 e. The standard InChI is InChI=1S/C33H39N5O4S2/c1-21(2)36-17-16-28-29(20-36)43-32(30(28)33(40)38-24(6)18-23(5)35-38)34-31(39)26-12-14-27(15-13-26)44(41,42)37(22(3)4)19-25-10-8-7-9-11-25/h7-15,18,21-22H,16-17,19-20H2,1-6H3,(H,34,39). The number of thiophene rings is 1. The van der Waals surface area contributed by atoms with Crippen molar-refractivity contribution >= 4 is 38.2 Å². The van der Waals surface area contributed by atoms with Crippen molar-refractivity contribution in [3.8, 4) is 0 Å². The van der Waals surface area contributed by atoms with Crippen LogP contribution in [0.25, 0.3) is 0 Å². The number of aryl methyl sites for hydroxylation is 2. The Hall–Kier alpha value is -3.64. The van der Waals surface area contributed by atoms with Crippen molar-refractivity contribution < 1.29 is 18.0 Å². The van der Waals surface area contributed by atoms with E-state index in [0.29, 0.717) is 35.1 Å². The molecule has 0 unspecified atom stereocenters. The van der Waals surface area contributed by atoms with Gasteiger partial charge in [0.15, 0.2) is 0 Å². The summed E-state index contributed by atoms with van der Waals surface area (Å²) in [5, 5.41) is 7.87. The van der Waals surface area contributed by atoms with Crippen LogP contribution in [0.5, 0.6) is 0 Å². The van der Waals surface area contributed by atoms with Gasteiger partial charge in [0.1, 0.15) is 5.00 Å². The molecule has 1 aliphatic heterocycles. The van der Waals surface area contributed by atoms with Crippen LogP contribution in [0.3, 0.4) is 0 Å². The summed E-state index contributed by atoms with van der Waals surface area (Å²) in [7, 11) is -3.82. The zero-order valence-electron chi connectivity index (χ0n) is 26.0. The van der Waals surface area contributed by atoms with Gasteiger partial charge < -0.3 is 5.32 Å². The monoisotopic (exact) mass is 633 g/mol. The van der Waals surface area contributed by atoms with Crippen molar-refractivity contribution in [1.82, 2.24) is 19.0 Å². The van der Waals surface area contributed by atoms with E-state index in [9.17, 15) is 18.0 Å². The van der Waals surface area contributed by atoms with Crippen LogP contribution in [0, 0.1) is 13.8 Å². The van der Waals surface area contributed by atoms with Gasteiger partial charge in [-0.05, 0) is 89.4 Å². The zero-order valence-corrected chi connectivity index (χ0v) is 27.6. The van der Waals surface area contributed by atoms with Gasteiger partial charge in [-0.1, -0.05) is 30.3 Å². The molecule has 44 heavy (non-hydrogen) atoms. The van der Waals surface area contributed by atoms with Gasteiger partial charge in [0, 0.05) is 47.9 Å². The second-order valence-electron chi connectivity index (χ2n) is 11.8. The average molecular weight is 634 g/mol. The number of fused-ring (bicyclic) bond motifs is 1. The number of carbonyl (C=O) groups is 2. The van der Waals surface area contributed by atoms with Crippen molar-refractivity contribution in [3.63, 3.8) is 0 Å². The van der Waals surface area contributed by atoms with Crippen molar-refractivity contribution in [2.45, 2.75) is 78.0 Å². The number of aromatic nitrogens is 2. The maximum Gasteiger partial charge on any atom is 0.281 e. The predicted molar refractivity (Wildman–Crippen MR) is 174 cm³/mol. The first-order valence-electron chi connectivity index (χ1n) is 14.8. The molecule has 3 heterocycles. The molecule has 11 heteroatoms. The first-order valence-corrected chi connectivity index (χ1v) is 17.1. The zero-order chi connectivity index (χ0) is 31.8. The molecule has 0 bridgehead atoms. The molecule has 0 saturated heterocycles. The second-order valence-corrected chi connectivity index (χ2v) is 14.8. The maximum absolute atomic E-state index is 13.8. The molecule has 1 amide bonds. The molecule has 4 aromatic rings. The lowest BCUT2D eigenvalue weighted by molar-refractivity contribution is 0.0941. The lowest BCUT2D eigenvalue weighted by Crippen LogP contribution is -2.36. The molecule has 1 N–H and O–H groups in total. The second kappa shape index (κ2) is 12.8. The minimum Gasteiger partial charge on any atom is -0.313 e. The number of benzene rings is 2. The Labute approximate surface area is 263 Å². The van der Waals surface area contributed by atoms with Crippen molar-refractivity contribution in [1.29, 1.82) is 0 Å². The highest BCUT2D eigenvalue weighted by molar-refractivity contribution is 7.89. The van der Waals surface area contributed by atoms with Crippen molar-refractivity contribution in [3.05, 3.63) is 99.2 Å². The molecule has 0 spiro atoms. The number of hydrogen-bond acceptors (Lipinski definition) is 7. The molecule has 0 radical (unpaired) electrons. The Kier molecular flexibility index (Phi) is 9.22. The number of nitrogens with one attached hydrogen (secondary N) is 1. The third kappa shape index (κ3) is 6.41. The van der Waals surface area contributed by atoms with Crippen LogP contribution in [-0.4, -0.2) is 57.8 Å². The molecule has 2 aromatic carbocycles. The van der Waals surface area contributed by atoms with Gasteiger partial charge in [-0.2, -0.15) is 9.40 Å². The Morgan fingerprint density at radius 1 is 1.02 bits per heavy atom. The molecule has 232 valence electrons. The van der Waals surface area contributed by atoms with E-state index in [-0.39, 0.29) is 23.4 Å². The van der Waals surface area contributed by atoms with Crippen LogP contribution in [0.4, 0.5) is 5.00 Å². The number of nitrogens with zero attached hydrogens (tertiary/aromatic N) is 4. The lowest BCUT2D eigenvalue weighted by atomic mass is 10.0. The highest BCUT2D eigenvalue weighted by Gasteiger charge is 2.32. The van der Waals surface area contributed by atoms with Gasteiger partial charge in [0.05, 0.1) is 16.2 Å². The molecule has 5 rings (SSSR count). The van der Waals surface area contributed by atoms with Gasteiger partial charge in [-0.25, -0.2) is 13.1 Å². The number of hydrogen-bond donors (Lipinski definition) is 1. The van der Waals surface area contributed by atoms with E-state index < -0.39 is 15.9 Å². The molecule has 1 aliphatic rings. The summed E-state index contributed by atoms with van der Waals surface area (Å²) < 4.78 is 30.0. The third-order valence-electron chi connectivity index (χ3n) is 7.94. The highest BCUT2D eigenvalue weighted by Crippen LogP contribution is 2.38. The Bertz CT molecular complexity index is 1770. The summed E-state index contributed by atoms with van der Waals surface area (Å²) >= 11 is 1.42. The topological polar surface area (TPSA) is 105 Å². The fourth-order valence-corrected chi connectivity index (χ4v) is 8.40. The Morgan fingerprint density at radius 2 is 1.70 bits per heavy atom. The molecular formula is C33H39N5O4S2. The molecule has 0 aliphatic carbocycles. The minimum absolute atomic E-state index is 0.111. The minimum atomic E-state index is -3.82. The SMILES string of the molecule is Cc1cc(C)n(C(=O)c2c(NC(=O)c3ccc(S(=O)(=O)N(Cc4ccccc4)C(C)C)cc3)sc3c2CCN(C(C)C)C3)n1. The smallest absolute Gasteiger partial charge is 0.281 e. The highest BCUT2D eigenvalue weighted by atomic mass is 32.2. The van der Waals surface area contributed by atoms with Crippen LogP contribution in [-0.2, 0) is 29.5 Å². The van der Waals surface area contributed by atoms with E-state index in [4.69, 9.17) is 0 Å². The fraction of sp³-hybridized carbons (Fsp3) is 0.364. The molecule has 2 aromatic heterocycles. The molecule has 0 atom stereocenters. The van der Waals surface area contributed by atoms with E-state index in [1.165, 1.54) is 44.6 Å². The molecular weight excluding hydrogens is 595 g/mol. The van der Waals surface area contributed by atoms with Crippen molar-refractivity contribution in [2.24, 2.45) is 0 Å². The van der Waals surface area contributed by atoms with Gasteiger partial charge >= 0.3 is 0 Å². The van der Waals surface area contributed by atoms with Gasteiger partial charge in [0.2, 0.25) is 10.0 Å². The van der Waals surface area contributed by atoms with E-state index >= 15 is 0 Å². The third-order valence-corrected chi connectivity index (χ3v) is 11.1. The number of anilines is 1. The van der Waals surface area contributed by atoms with Crippen LogP contribution in [0.15, 0.2) is 65.6 Å². The first kappa shape index (κ1) is 31.8. The first-order chi connectivity index (χ1) is 20.9. The van der Waals surface area contributed by atoms with Gasteiger partial charge in [-0.3, -0.25) is 14.5 Å². The molecule has 9 nitrogen and oxygen atoms in total. The van der Waals surface area contributed by atoms with Gasteiger partial charge in [-0.15, -0.1) is 11.3 Å². The normalized spacial score (nSPS) is 13.9. The number of carbonyl (C=O) groups excluding carboxylic acids is 2. The van der Waals surface area contributed by atoms with Crippen LogP contribution < -0.4 is 5.32 Å². The summed E-state index contributed by atoms with van der Waals surface area (Å²) in [5.41, 5.74) is 4.08. The van der Waals surface area contributed by atoms with E-state index in [1.807, 2.05) is 64.1 Å². The quantitative estimate of drug-likeness (QED) is 0.247. The van der Waals surface area contributed by atoms with E-state index in [0.717, 1.165) is 33.9 Å². The Morgan fingerprint density at radius 3 is 2.30 bits per heavy atom. The van der Waals surface area contributed by atoms with Crippen LogP contribution in [0.2, 0.25) is 0 Å². The van der Waals surface area contributed by atoms with E-state index in [2.05, 4.69) is 29.2 Å². The summed E-state index contributed by atoms with van der Waals surface area (Å²) in [6.45, 7) is 13.4. The number of sulfonamides is 1. The van der Waals surface area contributed by atoms with Crippen LogP contribution in [0.1, 0.15) is 75.8 Å². The summed E-state index contributed by atoms with van der Waals surface area (Å²) in [6, 6.07) is 17.4. The summed E-state index contributed by atoms with van der Waals surface area (Å²) in [5.74, 6) is -0.685. The van der Waals surface area contributed by atoms with Crippen LogP contribution >= 0.6 is 11.3 Å². The number of rotatable bonds is 9. The predicted octanol–water partition coefficient (Wildman–Crippen LogP) is 5.87. The average Bonchev–Trinajstić information content (AvgIpc) is 3.53. The molecule has 0 fully saturated rings. The summed E-state index contributed by atoms with van der Waals surface area (Å²) in [6.07, 6.45) is 0.697. The van der Waals surface area contributed by atoms with Gasteiger partial charge in [0.25, 0.3) is 11.8 Å². The lowest BCUT2D eigenvalue weighted by Gasteiger charge is -2.30. The van der Waals surface area contributed by atoms with Crippen molar-refractivity contribution in [2.75, 3.05) is 11.9 Å². The van der Waals surface area contributed by atoms with E-state index in [1.54, 1.807) is 0 Å². The molecule has 0 saturated carbocycles. The Balaban J connectivity index is 1.42. The maximum atomic E-state index is 13.8. The number of amides is 1. The fourth-order valence-electron chi connectivity index (χ4n) is 5.52.